The van der Waals surface area contributed by atoms with Crippen molar-refractivity contribution in [1.82, 2.24) is 0 Å². The molecule has 0 aromatic carbocycles. The highest BCUT2D eigenvalue weighted by molar-refractivity contribution is 8.16. The van der Waals surface area contributed by atoms with Crippen molar-refractivity contribution < 1.29 is 9.53 Å². The van der Waals surface area contributed by atoms with Crippen LogP contribution in [0.5, 0.6) is 0 Å². The van der Waals surface area contributed by atoms with Gasteiger partial charge in [0, 0.05) is 0 Å². The van der Waals surface area contributed by atoms with E-state index in [-0.39, 0.29) is 11.9 Å². The van der Waals surface area contributed by atoms with Crippen LogP contribution in [0.2, 0.25) is 0 Å². The van der Waals surface area contributed by atoms with Crippen molar-refractivity contribution >= 4 is 22.8 Å². The second kappa shape index (κ2) is 4.46. The van der Waals surface area contributed by atoms with E-state index in [9.17, 15) is 4.79 Å². The fourth-order valence-corrected chi connectivity index (χ4v) is 2.14. The Hall–Kier alpha value is -0.770. The van der Waals surface area contributed by atoms with E-state index in [0.717, 1.165) is 0 Å². The average molecular weight is 199 g/mol. The van der Waals surface area contributed by atoms with Gasteiger partial charge in [0.1, 0.15) is 5.92 Å². The van der Waals surface area contributed by atoms with Crippen LogP contribution >= 0.6 is 11.8 Å². The van der Waals surface area contributed by atoms with Crippen LogP contribution in [0.3, 0.4) is 0 Å². The summed E-state index contributed by atoms with van der Waals surface area (Å²) in [4.78, 5) is 11.4. The van der Waals surface area contributed by atoms with Crippen molar-refractivity contribution in [3.8, 4) is 0 Å². The van der Waals surface area contributed by atoms with Crippen molar-refractivity contribution in [3.63, 3.8) is 0 Å². The highest BCUT2D eigenvalue weighted by Gasteiger charge is 2.31. The Morgan fingerprint density at radius 3 is 3.00 bits per heavy atom. The lowest BCUT2D eigenvalue weighted by Gasteiger charge is -2.22. The number of ether oxygens (including phenoxy) is 1. The van der Waals surface area contributed by atoms with E-state index in [0.29, 0.717) is 11.7 Å². The first-order chi connectivity index (χ1) is 6.16. The van der Waals surface area contributed by atoms with Crippen LogP contribution in [0, 0.1) is 17.2 Å². The summed E-state index contributed by atoms with van der Waals surface area (Å²) in [6.45, 7) is 4.08. The summed E-state index contributed by atoms with van der Waals surface area (Å²) in [6, 6.07) is 0. The first-order valence-electron chi connectivity index (χ1n) is 4.25. The zero-order chi connectivity index (χ0) is 9.84. The van der Waals surface area contributed by atoms with Crippen LogP contribution in [0.25, 0.3) is 0 Å². The lowest BCUT2D eigenvalue weighted by Crippen LogP contribution is -2.30. The smallest absolute Gasteiger partial charge is 0.316 e. The standard InChI is InChI=1S/C9H13NO2S/c1-3-12-9(11)7-6(2)4-5-13-8(7)10/h4-7,10H,3H2,1-2H3. The third-order valence-corrected chi connectivity index (χ3v) is 2.73. The fraction of sp³-hybridized carbons (Fsp3) is 0.556. The third-order valence-electron chi connectivity index (χ3n) is 1.93. The molecule has 0 amide bonds. The summed E-state index contributed by atoms with van der Waals surface area (Å²) in [5, 5.41) is 9.83. The number of hydrogen-bond acceptors (Lipinski definition) is 4. The molecule has 0 bridgehead atoms. The highest BCUT2D eigenvalue weighted by Crippen LogP contribution is 2.28. The molecule has 0 aromatic rings. The number of nitrogens with one attached hydrogen (secondary N) is 1. The second-order valence-electron chi connectivity index (χ2n) is 2.90. The van der Waals surface area contributed by atoms with Gasteiger partial charge in [-0.2, -0.15) is 0 Å². The Morgan fingerprint density at radius 2 is 2.46 bits per heavy atom. The predicted octanol–water partition coefficient (Wildman–Crippen LogP) is 2.04. The maximum absolute atomic E-state index is 11.4. The lowest BCUT2D eigenvalue weighted by molar-refractivity contribution is -0.146. The highest BCUT2D eigenvalue weighted by atomic mass is 32.2. The van der Waals surface area contributed by atoms with E-state index >= 15 is 0 Å². The van der Waals surface area contributed by atoms with Gasteiger partial charge >= 0.3 is 5.97 Å². The molecule has 0 saturated heterocycles. The molecule has 0 aromatic heterocycles. The van der Waals surface area contributed by atoms with Crippen LogP contribution in [0.1, 0.15) is 13.8 Å². The Kier molecular flexibility index (Phi) is 3.54. The molecule has 0 fully saturated rings. The Labute approximate surface area is 82.0 Å². The van der Waals surface area contributed by atoms with Gasteiger partial charge in [0.05, 0.1) is 11.7 Å². The van der Waals surface area contributed by atoms with Crippen LogP contribution in [0.4, 0.5) is 0 Å². The van der Waals surface area contributed by atoms with E-state index in [4.69, 9.17) is 10.1 Å². The van der Waals surface area contributed by atoms with Gasteiger partial charge in [0.2, 0.25) is 0 Å². The second-order valence-corrected chi connectivity index (χ2v) is 3.85. The summed E-state index contributed by atoms with van der Waals surface area (Å²) < 4.78 is 4.90. The molecule has 1 N–H and O–H groups in total. The summed E-state index contributed by atoms with van der Waals surface area (Å²) in [5.74, 6) is -0.598. The fourth-order valence-electron chi connectivity index (χ4n) is 1.21. The van der Waals surface area contributed by atoms with Gasteiger partial charge in [-0.15, -0.1) is 0 Å². The number of rotatable bonds is 2. The quantitative estimate of drug-likeness (QED) is 0.692. The minimum absolute atomic E-state index is 0.0767. The Balaban J connectivity index is 2.71. The largest absolute Gasteiger partial charge is 0.465 e. The molecule has 72 valence electrons. The van der Waals surface area contributed by atoms with Crippen molar-refractivity contribution in [2.75, 3.05) is 6.61 Å². The number of carbonyl (C=O) groups excluding carboxylic acids is 1. The first kappa shape index (κ1) is 10.3. The third kappa shape index (κ3) is 2.34. The molecule has 2 unspecified atom stereocenters. The molecule has 0 saturated carbocycles. The van der Waals surface area contributed by atoms with E-state index in [1.807, 2.05) is 18.4 Å². The van der Waals surface area contributed by atoms with Crippen LogP contribution in [-0.2, 0) is 9.53 Å². The topological polar surface area (TPSA) is 50.2 Å². The molecule has 1 heterocycles. The SMILES string of the molecule is CCOC(=O)C1C(=N)SC=CC1C. The normalized spacial score (nSPS) is 27.4. The van der Waals surface area contributed by atoms with Crippen molar-refractivity contribution in [1.29, 1.82) is 5.41 Å². The summed E-state index contributed by atoms with van der Waals surface area (Å²) in [6.07, 6.45) is 1.93. The average Bonchev–Trinajstić information content (AvgIpc) is 2.04. The molecule has 0 aliphatic carbocycles. The molecule has 13 heavy (non-hydrogen) atoms. The lowest BCUT2D eigenvalue weighted by atomic mass is 9.95. The Bertz CT molecular complexity index is 250. The zero-order valence-electron chi connectivity index (χ0n) is 7.74. The molecule has 1 rings (SSSR count). The molecular weight excluding hydrogens is 186 g/mol. The van der Waals surface area contributed by atoms with Gasteiger partial charge in [0.25, 0.3) is 0 Å². The molecular formula is C9H13NO2S. The summed E-state index contributed by atoms with van der Waals surface area (Å²) in [5.41, 5.74) is 0. The Morgan fingerprint density at radius 1 is 1.77 bits per heavy atom. The molecule has 0 radical (unpaired) electrons. The van der Waals surface area contributed by atoms with Gasteiger partial charge in [-0.3, -0.25) is 10.2 Å². The number of thioether (sulfide) groups is 1. The van der Waals surface area contributed by atoms with Gasteiger partial charge in [-0.25, -0.2) is 0 Å². The number of allylic oxidation sites excluding steroid dienone is 1. The van der Waals surface area contributed by atoms with E-state index in [1.165, 1.54) is 11.8 Å². The maximum atomic E-state index is 11.4. The van der Waals surface area contributed by atoms with Crippen LogP contribution in [-0.4, -0.2) is 17.6 Å². The number of esters is 1. The van der Waals surface area contributed by atoms with E-state index < -0.39 is 5.92 Å². The number of carbonyl (C=O) groups is 1. The van der Waals surface area contributed by atoms with E-state index in [1.54, 1.807) is 6.92 Å². The number of hydrogen-bond donors (Lipinski definition) is 1. The van der Waals surface area contributed by atoms with Crippen molar-refractivity contribution in [2.45, 2.75) is 13.8 Å². The first-order valence-corrected chi connectivity index (χ1v) is 5.13. The van der Waals surface area contributed by atoms with E-state index in [2.05, 4.69) is 0 Å². The maximum Gasteiger partial charge on any atom is 0.316 e. The molecule has 1 aliphatic heterocycles. The molecule has 0 spiro atoms. The minimum atomic E-state index is -0.394. The molecule has 4 heteroatoms. The van der Waals surface area contributed by atoms with Gasteiger partial charge in [-0.05, 0) is 18.2 Å². The monoisotopic (exact) mass is 199 g/mol. The summed E-state index contributed by atoms with van der Waals surface area (Å²) in [7, 11) is 0. The molecule has 2 atom stereocenters. The van der Waals surface area contributed by atoms with Crippen LogP contribution < -0.4 is 0 Å². The van der Waals surface area contributed by atoms with Gasteiger partial charge < -0.3 is 4.74 Å². The molecule has 1 aliphatic rings. The van der Waals surface area contributed by atoms with Gasteiger partial charge in [0.15, 0.2) is 0 Å². The van der Waals surface area contributed by atoms with Crippen LogP contribution in [0.15, 0.2) is 11.5 Å². The predicted molar refractivity (Wildman–Crippen MR) is 53.7 cm³/mol. The minimum Gasteiger partial charge on any atom is -0.465 e. The van der Waals surface area contributed by atoms with Crippen molar-refractivity contribution in [2.24, 2.45) is 11.8 Å². The zero-order valence-corrected chi connectivity index (χ0v) is 8.56. The van der Waals surface area contributed by atoms with Crippen molar-refractivity contribution in [3.05, 3.63) is 11.5 Å². The van der Waals surface area contributed by atoms with Gasteiger partial charge in [-0.1, -0.05) is 24.8 Å². The summed E-state index contributed by atoms with van der Waals surface area (Å²) >= 11 is 1.29. The molecule has 3 nitrogen and oxygen atoms in total.